The number of benzene rings is 1. The van der Waals surface area contributed by atoms with Crippen molar-refractivity contribution in [3.8, 4) is 18.1 Å². The van der Waals surface area contributed by atoms with Crippen LogP contribution < -0.4 is 10.1 Å². The molecular weight excluding hydrogens is 162 g/mol. The number of methoxy groups -OCH3 is 1. The van der Waals surface area contributed by atoms with Gasteiger partial charge < -0.3 is 10.1 Å². The quantitative estimate of drug-likeness (QED) is 0.710. The Morgan fingerprint density at radius 1 is 1.38 bits per heavy atom. The Labute approximate surface area is 78.9 Å². The third kappa shape index (κ3) is 2.72. The molecule has 0 saturated heterocycles. The Bertz CT molecular complexity index is 297. The molecule has 1 N–H and O–H groups in total. The summed E-state index contributed by atoms with van der Waals surface area (Å²) in [6, 6.07) is 7.71. The van der Waals surface area contributed by atoms with Crippen LogP contribution in [0.2, 0.25) is 0 Å². The summed E-state index contributed by atoms with van der Waals surface area (Å²) in [5.74, 6) is 3.45. The maximum Gasteiger partial charge on any atom is 0.119 e. The van der Waals surface area contributed by atoms with Crippen LogP contribution in [0.4, 0.5) is 5.69 Å². The fraction of sp³-hybridized carbons (Fsp3) is 0.273. The van der Waals surface area contributed by atoms with E-state index in [1.165, 1.54) is 0 Å². The fourth-order valence-electron chi connectivity index (χ4n) is 0.979. The van der Waals surface area contributed by atoms with Gasteiger partial charge in [-0.3, -0.25) is 0 Å². The summed E-state index contributed by atoms with van der Waals surface area (Å²) in [5, 5.41) is 3.15. The summed E-state index contributed by atoms with van der Waals surface area (Å²) in [5.41, 5.74) is 1.01. The smallest absolute Gasteiger partial charge is 0.119 e. The van der Waals surface area contributed by atoms with Crippen LogP contribution >= 0.6 is 0 Å². The molecule has 0 heterocycles. The maximum absolute atomic E-state index is 5.24. The van der Waals surface area contributed by atoms with E-state index in [1.807, 2.05) is 31.2 Å². The van der Waals surface area contributed by atoms with Gasteiger partial charge in [-0.05, 0) is 31.2 Å². The Kier molecular flexibility index (Phi) is 3.22. The lowest BCUT2D eigenvalue weighted by Crippen LogP contribution is -2.11. The second-order valence-electron chi connectivity index (χ2n) is 2.76. The van der Waals surface area contributed by atoms with Gasteiger partial charge in [0.15, 0.2) is 0 Å². The minimum atomic E-state index is 0.0494. The molecule has 0 bridgehead atoms. The molecule has 0 radical (unpaired) electrons. The van der Waals surface area contributed by atoms with Gasteiger partial charge in [0.2, 0.25) is 0 Å². The van der Waals surface area contributed by atoms with Crippen molar-refractivity contribution in [3.63, 3.8) is 0 Å². The van der Waals surface area contributed by atoms with Crippen LogP contribution in [0.5, 0.6) is 5.75 Å². The zero-order valence-corrected chi connectivity index (χ0v) is 7.87. The zero-order valence-electron chi connectivity index (χ0n) is 7.87. The zero-order chi connectivity index (χ0) is 9.68. The molecule has 0 saturated carbocycles. The van der Waals surface area contributed by atoms with Crippen molar-refractivity contribution in [2.45, 2.75) is 13.0 Å². The van der Waals surface area contributed by atoms with Crippen molar-refractivity contribution in [2.75, 3.05) is 12.4 Å². The van der Waals surface area contributed by atoms with Gasteiger partial charge >= 0.3 is 0 Å². The minimum absolute atomic E-state index is 0.0494. The highest BCUT2D eigenvalue weighted by Gasteiger charge is 1.96. The summed E-state index contributed by atoms with van der Waals surface area (Å²) < 4.78 is 5.03. The highest BCUT2D eigenvalue weighted by atomic mass is 16.5. The van der Waals surface area contributed by atoms with E-state index in [4.69, 9.17) is 11.2 Å². The van der Waals surface area contributed by atoms with Gasteiger partial charge in [-0.2, -0.15) is 0 Å². The Morgan fingerprint density at radius 3 is 2.46 bits per heavy atom. The molecule has 0 aliphatic rings. The largest absolute Gasteiger partial charge is 0.497 e. The molecule has 1 unspecified atom stereocenters. The van der Waals surface area contributed by atoms with Gasteiger partial charge in [-0.25, -0.2) is 0 Å². The lowest BCUT2D eigenvalue weighted by atomic mass is 10.2. The lowest BCUT2D eigenvalue weighted by Gasteiger charge is -2.09. The molecular formula is C11H13NO. The maximum atomic E-state index is 5.24. The lowest BCUT2D eigenvalue weighted by molar-refractivity contribution is 0.415. The highest BCUT2D eigenvalue weighted by molar-refractivity contribution is 5.48. The first kappa shape index (κ1) is 9.47. The van der Waals surface area contributed by atoms with Crippen LogP contribution in [0.15, 0.2) is 24.3 Å². The first-order valence-electron chi connectivity index (χ1n) is 4.13. The number of nitrogens with one attached hydrogen (secondary N) is 1. The minimum Gasteiger partial charge on any atom is -0.497 e. The molecule has 1 rings (SSSR count). The molecule has 1 aromatic rings. The van der Waals surface area contributed by atoms with Crippen molar-refractivity contribution in [3.05, 3.63) is 24.3 Å². The first-order chi connectivity index (χ1) is 6.26. The van der Waals surface area contributed by atoms with Gasteiger partial charge in [-0.1, -0.05) is 5.92 Å². The van der Waals surface area contributed by atoms with Crippen LogP contribution in [0.1, 0.15) is 6.92 Å². The fourth-order valence-corrected chi connectivity index (χ4v) is 0.979. The molecule has 2 heteroatoms. The summed E-state index contributed by atoms with van der Waals surface area (Å²) in [4.78, 5) is 0. The number of ether oxygens (including phenoxy) is 1. The van der Waals surface area contributed by atoms with E-state index in [2.05, 4.69) is 11.2 Å². The van der Waals surface area contributed by atoms with Crippen LogP contribution in [0.3, 0.4) is 0 Å². The molecule has 0 spiro atoms. The van der Waals surface area contributed by atoms with Gasteiger partial charge in [0.1, 0.15) is 5.75 Å². The summed E-state index contributed by atoms with van der Waals surface area (Å²) in [7, 11) is 1.65. The number of anilines is 1. The van der Waals surface area contributed by atoms with E-state index in [0.717, 1.165) is 11.4 Å². The van der Waals surface area contributed by atoms with E-state index in [9.17, 15) is 0 Å². The average Bonchev–Trinajstić information content (AvgIpc) is 2.19. The number of hydrogen-bond acceptors (Lipinski definition) is 2. The third-order valence-corrected chi connectivity index (χ3v) is 1.72. The normalized spacial score (nSPS) is 11.5. The van der Waals surface area contributed by atoms with Gasteiger partial charge in [0, 0.05) is 5.69 Å². The monoisotopic (exact) mass is 175 g/mol. The van der Waals surface area contributed by atoms with Crippen molar-refractivity contribution in [2.24, 2.45) is 0 Å². The number of terminal acetylenes is 1. The van der Waals surface area contributed by atoms with Crippen LogP contribution in [-0.2, 0) is 0 Å². The van der Waals surface area contributed by atoms with E-state index >= 15 is 0 Å². The highest BCUT2D eigenvalue weighted by Crippen LogP contribution is 2.15. The summed E-state index contributed by atoms with van der Waals surface area (Å²) >= 11 is 0. The first-order valence-corrected chi connectivity index (χ1v) is 4.13. The summed E-state index contributed by atoms with van der Waals surface area (Å²) in [6.07, 6.45) is 5.24. The topological polar surface area (TPSA) is 21.3 Å². The Morgan fingerprint density at radius 2 is 2.00 bits per heavy atom. The predicted molar refractivity (Wildman–Crippen MR) is 54.9 cm³/mol. The molecule has 0 amide bonds. The standard InChI is InChI=1S/C11H13NO/c1-4-9(2)12-10-5-7-11(13-3)8-6-10/h1,5-9,12H,2-3H3. The molecule has 2 nitrogen and oxygen atoms in total. The average molecular weight is 175 g/mol. The second kappa shape index (κ2) is 4.42. The molecule has 0 aliphatic carbocycles. The van der Waals surface area contributed by atoms with E-state index < -0.39 is 0 Å². The van der Waals surface area contributed by atoms with Crippen molar-refractivity contribution >= 4 is 5.69 Å². The third-order valence-electron chi connectivity index (χ3n) is 1.72. The number of rotatable bonds is 3. The van der Waals surface area contributed by atoms with Gasteiger partial charge in [0.25, 0.3) is 0 Å². The van der Waals surface area contributed by atoms with Gasteiger partial charge in [-0.15, -0.1) is 6.42 Å². The van der Waals surface area contributed by atoms with Crippen molar-refractivity contribution in [1.82, 2.24) is 0 Å². The predicted octanol–water partition coefficient (Wildman–Crippen LogP) is 2.13. The molecule has 1 atom stereocenters. The van der Waals surface area contributed by atoms with Crippen LogP contribution in [0.25, 0.3) is 0 Å². The van der Waals surface area contributed by atoms with E-state index in [0.29, 0.717) is 0 Å². The Hall–Kier alpha value is -1.62. The molecule has 1 aromatic carbocycles. The second-order valence-corrected chi connectivity index (χ2v) is 2.76. The SMILES string of the molecule is C#CC(C)Nc1ccc(OC)cc1. The molecule has 68 valence electrons. The van der Waals surface area contributed by atoms with Crippen molar-refractivity contribution < 1.29 is 4.74 Å². The molecule has 0 aromatic heterocycles. The van der Waals surface area contributed by atoms with E-state index in [1.54, 1.807) is 7.11 Å². The molecule has 13 heavy (non-hydrogen) atoms. The Balaban J connectivity index is 2.65. The van der Waals surface area contributed by atoms with E-state index in [-0.39, 0.29) is 6.04 Å². The number of hydrogen-bond donors (Lipinski definition) is 1. The summed E-state index contributed by atoms with van der Waals surface area (Å²) in [6.45, 7) is 1.93. The molecule has 0 aliphatic heterocycles. The van der Waals surface area contributed by atoms with Crippen molar-refractivity contribution in [1.29, 1.82) is 0 Å². The van der Waals surface area contributed by atoms with Gasteiger partial charge in [0.05, 0.1) is 13.2 Å². The molecule has 0 fully saturated rings. The van der Waals surface area contributed by atoms with Crippen LogP contribution in [-0.4, -0.2) is 13.2 Å². The van der Waals surface area contributed by atoms with Crippen LogP contribution in [0, 0.1) is 12.3 Å².